The van der Waals surface area contributed by atoms with Crippen molar-refractivity contribution in [2.75, 3.05) is 26.8 Å². The molecule has 2 rings (SSSR count). The van der Waals surface area contributed by atoms with Crippen LogP contribution in [-0.4, -0.2) is 32.8 Å². The highest BCUT2D eigenvalue weighted by Crippen LogP contribution is 2.40. The maximum Gasteiger partial charge on any atom is 0.314 e. The Morgan fingerprint density at radius 1 is 1.16 bits per heavy atom. The lowest BCUT2D eigenvalue weighted by Gasteiger charge is -2.41. The van der Waals surface area contributed by atoms with Gasteiger partial charge in [-0.1, -0.05) is 25.7 Å². The number of hydrogen-bond acceptors (Lipinski definition) is 2. The fourth-order valence-electron chi connectivity index (χ4n) is 3.31. The van der Waals surface area contributed by atoms with Crippen molar-refractivity contribution < 1.29 is 9.53 Å². The van der Waals surface area contributed by atoms with Gasteiger partial charge < -0.3 is 15.4 Å². The van der Waals surface area contributed by atoms with Crippen LogP contribution in [-0.2, 0) is 4.74 Å². The number of hydrogen-bond donors (Lipinski definition) is 2. The number of carbonyl (C=O) groups is 1. The van der Waals surface area contributed by atoms with E-state index in [4.69, 9.17) is 4.74 Å². The second-order valence-corrected chi connectivity index (χ2v) is 6.35. The molecule has 2 N–H and O–H groups in total. The zero-order valence-corrected chi connectivity index (χ0v) is 12.2. The highest BCUT2D eigenvalue weighted by atomic mass is 16.5. The van der Waals surface area contributed by atoms with Gasteiger partial charge in [-0.25, -0.2) is 4.79 Å². The Bertz CT molecular complexity index is 284. The summed E-state index contributed by atoms with van der Waals surface area (Å²) in [6.45, 7) is 2.34. The van der Waals surface area contributed by atoms with Crippen molar-refractivity contribution in [1.82, 2.24) is 10.6 Å². The molecule has 2 fully saturated rings. The summed E-state index contributed by atoms with van der Waals surface area (Å²) in [5.41, 5.74) is 0.205. The quantitative estimate of drug-likeness (QED) is 0.778. The number of amides is 2. The molecule has 0 saturated heterocycles. The molecule has 4 nitrogen and oxygen atoms in total. The van der Waals surface area contributed by atoms with Crippen LogP contribution in [0.2, 0.25) is 0 Å². The first kappa shape index (κ1) is 14.6. The van der Waals surface area contributed by atoms with E-state index in [1.807, 2.05) is 0 Å². The van der Waals surface area contributed by atoms with Gasteiger partial charge in [-0.15, -0.1) is 0 Å². The SMILES string of the molecule is COCC1(CNC(=O)NCC2CCCCC2)CCC1. The molecule has 19 heavy (non-hydrogen) atoms. The van der Waals surface area contributed by atoms with Gasteiger partial charge in [0.2, 0.25) is 0 Å². The van der Waals surface area contributed by atoms with Gasteiger partial charge in [0, 0.05) is 25.6 Å². The van der Waals surface area contributed by atoms with Crippen LogP contribution < -0.4 is 10.6 Å². The summed E-state index contributed by atoms with van der Waals surface area (Å²) in [5.74, 6) is 0.691. The normalized spacial score (nSPS) is 22.6. The maximum atomic E-state index is 11.8. The van der Waals surface area contributed by atoms with Crippen molar-refractivity contribution in [2.24, 2.45) is 11.3 Å². The van der Waals surface area contributed by atoms with Gasteiger partial charge in [0.1, 0.15) is 0 Å². The van der Waals surface area contributed by atoms with E-state index in [0.29, 0.717) is 5.92 Å². The molecule has 2 aliphatic rings. The Labute approximate surface area is 116 Å². The average Bonchev–Trinajstić information content (AvgIpc) is 2.40. The number of carbonyl (C=O) groups excluding carboxylic acids is 1. The van der Waals surface area contributed by atoms with Crippen molar-refractivity contribution in [1.29, 1.82) is 0 Å². The first-order chi connectivity index (χ1) is 9.24. The molecule has 2 aliphatic carbocycles. The highest BCUT2D eigenvalue weighted by molar-refractivity contribution is 5.73. The monoisotopic (exact) mass is 268 g/mol. The van der Waals surface area contributed by atoms with E-state index in [1.165, 1.54) is 51.4 Å². The van der Waals surface area contributed by atoms with Crippen LogP contribution in [0.5, 0.6) is 0 Å². The van der Waals surface area contributed by atoms with Gasteiger partial charge in [-0.05, 0) is 31.6 Å². The van der Waals surface area contributed by atoms with Crippen molar-refractivity contribution in [2.45, 2.75) is 51.4 Å². The van der Waals surface area contributed by atoms with Crippen molar-refractivity contribution in [3.05, 3.63) is 0 Å². The lowest BCUT2D eigenvalue weighted by Crippen LogP contribution is -2.48. The van der Waals surface area contributed by atoms with Crippen LogP contribution in [0.25, 0.3) is 0 Å². The molecule has 0 spiro atoms. The summed E-state index contributed by atoms with van der Waals surface area (Å²) < 4.78 is 5.26. The van der Waals surface area contributed by atoms with Crippen LogP contribution in [0.3, 0.4) is 0 Å². The van der Waals surface area contributed by atoms with Gasteiger partial charge in [-0.2, -0.15) is 0 Å². The Morgan fingerprint density at radius 3 is 2.47 bits per heavy atom. The standard InChI is InChI=1S/C15H28N2O2/c1-19-12-15(8-5-9-15)11-17-14(18)16-10-13-6-3-2-4-7-13/h13H,2-12H2,1H3,(H2,16,17,18). The van der Waals surface area contributed by atoms with Crippen LogP contribution in [0, 0.1) is 11.3 Å². The minimum absolute atomic E-state index is 0.00653. The predicted octanol–water partition coefficient (Wildman–Crippen LogP) is 2.68. The maximum absolute atomic E-state index is 11.8. The third kappa shape index (κ3) is 4.37. The topological polar surface area (TPSA) is 50.4 Å². The van der Waals surface area contributed by atoms with E-state index in [2.05, 4.69) is 10.6 Å². The Hall–Kier alpha value is -0.770. The summed E-state index contributed by atoms with van der Waals surface area (Å²) in [6, 6.07) is -0.00653. The second-order valence-electron chi connectivity index (χ2n) is 6.35. The van der Waals surface area contributed by atoms with E-state index in [0.717, 1.165) is 19.7 Å². The Balaban J connectivity index is 1.61. The van der Waals surface area contributed by atoms with E-state index in [-0.39, 0.29) is 11.4 Å². The summed E-state index contributed by atoms with van der Waals surface area (Å²) in [5, 5.41) is 6.04. The molecule has 0 unspecified atom stereocenters. The van der Waals surface area contributed by atoms with Crippen molar-refractivity contribution >= 4 is 6.03 Å². The van der Waals surface area contributed by atoms with E-state index < -0.39 is 0 Å². The van der Waals surface area contributed by atoms with Crippen LogP contribution in [0.15, 0.2) is 0 Å². The van der Waals surface area contributed by atoms with Crippen LogP contribution >= 0.6 is 0 Å². The molecule has 4 heteroatoms. The zero-order valence-electron chi connectivity index (χ0n) is 12.2. The summed E-state index contributed by atoms with van der Waals surface area (Å²) >= 11 is 0. The number of nitrogens with one attached hydrogen (secondary N) is 2. The lowest BCUT2D eigenvalue weighted by atomic mass is 9.69. The second kappa shape index (κ2) is 7.13. The first-order valence-corrected chi connectivity index (χ1v) is 7.75. The smallest absolute Gasteiger partial charge is 0.314 e. The molecule has 110 valence electrons. The van der Waals surface area contributed by atoms with Crippen LogP contribution in [0.4, 0.5) is 4.79 Å². The highest BCUT2D eigenvalue weighted by Gasteiger charge is 2.37. The molecule has 2 saturated carbocycles. The predicted molar refractivity (Wildman–Crippen MR) is 76.1 cm³/mol. The largest absolute Gasteiger partial charge is 0.384 e. The zero-order chi connectivity index (χ0) is 13.6. The third-order valence-corrected chi connectivity index (χ3v) is 4.76. The molecule has 0 atom stereocenters. The minimum Gasteiger partial charge on any atom is -0.384 e. The summed E-state index contributed by atoms with van der Waals surface area (Å²) in [7, 11) is 1.74. The minimum atomic E-state index is -0.00653. The van der Waals surface area contributed by atoms with E-state index in [1.54, 1.807) is 7.11 Å². The Kier molecular flexibility index (Phi) is 5.49. The molecule has 0 radical (unpaired) electrons. The molecule has 0 aromatic heterocycles. The van der Waals surface area contributed by atoms with Gasteiger partial charge in [0.25, 0.3) is 0 Å². The number of urea groups is 1. The van der Waals surface area contributed by atoms with Gasteiger partial charge in [0.15, 0.2) is 0 Å². The summed E-state index contributed by atoms with van der Waals surface area (Å²) in [6.07, 6.45) is 10.2. The van der Waals surface area contributed by atoms with E-state index in [9.17, 15) is 4.79 Å². The molecule has 0 aromatic carbocycles. The molecular weight excluding hydrogens is 240 g/mol. The van der Waals surface area contributed by atoms with Crippen molar-refractivity contribution in [3.8, 4) is 0 Å². The molecule has 2 amide bonds. The Morgan fingerprint density at radius 2 is 1.89 bits per heavy atom. The number of ether oxygens (including phenoxy) is 1. The average molecular weight is 268 g/mol. The van der Waals surface area contributed by atoms with Crippen molar-refractivity contribution in [3.63, 3.8) is 0 Å². The molecule has 0 aliphatic heterocycles. The van der Waals surface area contributed by atoms with E-state index >= 15 is 0 Å². The molecule has 0 heterocycles. The first-order valence-electron chi connectivity index (χ1n) is 7.75. The summed E-state index contributed by atoms with van der Waals surface area (Å²) in [4.78, 5) is 11.8. The number of rotatable bonds is 6. The fraction of sp³-hybridized carbons (Fsp3) is 0.933. The lowest BCUT2D eigenvalue weighted by molar-refractivity contribution is 0.0200. The van der Waals surface area contributed by atoms with Gasteiger partial charge in [0.05, 0.1) is 6.61 Å². The third-order valence-electron chi connectivity index (χ3n) is 4.76. The number of methoxy groups -OCH3 is 1. The van der Waals surface area contributed by atoms with Crippen LogP contribution in [0.1, 0.15) is 51.4 Å². The van der Waals surface area contributed by atoms with Gasteiger partial charge >= 0.3 is 6.03 Å². The molecule has 0 bridgehead atoms. The molecule has 0 aromatic rings. The molecular formula is C15H28N2O2. The van der Waals surface area contributed by atoms with Gasteiger partial charge in [-0.3, -0.25) is 0 Å². The fourth-order valence-corrected chi connectivity index (χ4v) is 3.31.